The lowest BCUT2D eigenvalue weighted by Crippen LogP contribution is -2.08. The monoisotopic (exact) mass is 391 g/mol. The van der Waals surface area contributed by atoms with Crippen LogP contribution in [0.25, 0.3) is 11.0 Å². The van der Waals surface area contributed by atoms with Crippen molar-refractivity contribution in [1.82, 2.24) is 14.5 Å². The first kappa shape index (κ1) is 16.1. The number of pyridine rings is 1. The summed E-state index contributed by atoms with van der Waals surface area (Å²) >= 11 is 3.45. The second-order valence-electron chi connectivity index (χ2n) is 5.56. The minimum atomic E-state index is -1.60. The molecule has 0 saturated carbocycles. The van der Waals surface area contributed by atoms with E-state index in [-0.39, 0.29) is 0 Å². The average Bonchev–Trinajstić information content (AvgIpc) is 2.86. The van der Waals surface area contributed by atoms with E-state index >= 15 is 0 Å². The van der Waals surface area contributed by atoms with E-state index < -0.39 is 7.95 Å². The van der Waals surface area contributed by atoms with E-state index in [1.165, 1.54) is 4.45 Å². The Morgan fingerprint density at radius 2 is 1.96 bits per heavy atom. The van der Waals surface area contributed by atoms with Crippen molar-refractivity contribution in [3.8, 4) is 0 Å². The Morgan fingerprint density at radius 1 is 1.26 bits per heavy atom. The summed E-state index contributed by atoms with van der Waals surface area (Å²) in [7, 11) is 2.44. The second-order valence-corrected chi connectivity index (χ2v) is 7.79. The Morgan fingerprint density at radius 3 is 2.57 bits per heavy atom. The van der Waals surface area contributed by atoms with Gasteiger partial charge in [-0.05, 0) is 48.7 Å². The van der Waals surface area contributed by atoms with Crippen LogP contribution in [0.3, 0.4) is 0 Å². The Hall–Kier alpha value is -1.78. The third-order valence-corrected chi connectivity index (χ3v) is 4.89. The van der Waals surface area contributed by atoms with Crippen molar-refractivity contribution in [3.63, 3.8) is 0 Å². The molecule has 118 valence electrons. The van der Waals surface area contributed by atoms with Gasteiger partial charge in [0.1, 0.15) is 0 Å². The molecule has 0 spiro atoms. The van der Waals surface area contributed by atoms with E-state index in [1.807, 2.05) is 20.2 Å². The second kappa shape index (κ2) is 6.38. The van der Waals surface area contributed by atoms with E-state index in [9.17, 15) is 4.57 Å². The molecule has 0 aliphatic carbocycles. The Kier molecular flexibility index (Phi) is 4.46. The van der Waals surface area contributed by atoms with Crippen LogP contribution in [0.15, 0.2) is 41.0 Å². The molecule has 1 unspecified atom stereocenters. The number of benzene rings is 1. The summed E-state index contributed by atoms with van der Waals surface area (Å²) in [6.45, 7) is 1.64. The molecule has 23 heavy (non-hydrogen) atoms. The highest BCUT2D eigenvalue weighted by molar-refractivity contribution is 9.10. The molecule has 0 bridgehead atoms. The summed E-state index contributed by atoms with van der Waals surface area (Å²) in [5.74, 6) is 0. The van der Waals surface area contributed by atoms with E-state index in [0.717, 1.165) is 26.8 Å². The quantitative estimate of drug-likeness (QED) is 0.629. The third-order valence-electron chi connectivity index (χ3n) is 3.64. The van der Waals surface area contributed by atoms with E-state index in [4.69, 9.17) is 0 Å². The van der Waals surface area contributed by atoms with Gasteiger partial charge in [-0.1, -0.05) is 12.1 Å². The van der Waals surface area contributed by atoms with Crippen molar-refractivity contribution in [1.29, 1.82) is 0 Å². The number of nitrogens with zero attached hydrogens (tertiary/aromatic N) is 4. The lowest BCUT2D eigenvalue weighted by molar-refractivity contribution is 0.582. The van der Waals surface area contributed by atoms with Crippen LogP contribution in [-0.2, 0) is 11.0 Å². The molecule has 0 fully saturated rings. The molecule has 0 radical (unpaired) electrons. The third kappa shape index (κ3) is 3.28. The molecule has 0 aliphatic heterocycles. The minimum absolute atomic E-state index is 0.664. The molecule has 0 saturated heterocycles. The number of rotatable bonds is 4. The van der Waals surface area contributed by atoms with Gasteiger partial charge in [0.05, 0.1) is 5.69 Å². The van der Waals surface area contributed by atoms with Crippen LogP contribution >= 0.6 is 23.9 Å². The van der Waals surface area contributed by atoms with Gasteiger partial charge in [0.15, 0.2) is 6.66 Å². The topological polar surface area (TPSA) is 51.0 Å². The fraction of sp³-hybridized carbons (Fsp3) is 0.250. The van der Waals surface area contributed by atoms with E-state index in [0.29, 0.717) is 12.1 Å². The van der Waals surface area contributed by atoms with Crippen molar-refractivity contribution in [3.05, 3.63) is 52.3 Å². The highest BCUT2D eigenvalue weighted by atomic mass is 79.9. The van der Waals surface area contributed by atoms with Crippen molar-refractivity contribution >= 4 is 40.6 Å². The highest BCUT2D eigenvalue weighted by Crippen LogP contribution is 2.29. The smallest absolute Gasteiger partial charge is 0.378 e. The molecule has 0 N–H and O–H groups in total. The maximum atomic E-state index is 11.9. The maximum Gasteiger partial charge on any atom is 0.482 e. The molecule has 1 aromatic carbocycles. The van der Waals surface area contributed by atoms with Crippen LogP contribution in [0.1, 0.15) is 11.3 Å². The van der Waals surface area contributed by atoms with Gasteiger partial charge in [-0.25, -0.2) is 4.98 Å². The van der Waals surface area contributed by atoms with Crippen LogP contribution in [0, 0.1) is 0 Å². The molecule has 0 amide bonds. The van der Waals surface area contributed by atoms with Crippen molar-refractivity contribution < 1.29 is 4.57 Å². The normalized spacial score (nSPS) is 11.7. The van der Waals surface area contributed by atoms with E-state index in [2.05, 4.69) is 55.2 Å². The summed E-state index contributed by atoms with van der Waals surface area (Å²) in [4.78, 5) is 6.43. The van der Waals surface area contributed by atoms with Gasteiger partial charge in [0.25, 0.3) is 0 Å². The zero-order chi connectivity index (χ0) is 16.6. The van der Waals surface area contributed by atoms with Gasteiger partial charge in [-0.15, -0.1) is 5.10 Å². The SMILES string of the molecule is CN(C)c1ccc(Cc2nn([P+](C)=O)c3ncc(Br)cc23)cc1. The molecule has 2 aromatic heterocycles. The molecule has 3 aromatic rings. The summed E-state index contributed by atoms with van der Waals surface area (Å²) in [6.07, 6.45) is 2.38. The fourth-order valence-electron chi connectivity index (χ4n) is 2.45. The van der Waals surface area contributed by atoms with Gasteiger partial charge < -0.3 is 4.90 Å². The zero-order valence-electron chi connectivity index (χ0n) is 13.2. The Labute approximate surface area is 144 Å². The first-order chi connectivity index (χ1) is 11.0. The maximum absolute atomic E-state index is 11.9. The number of aromatic nitrogens is 3. The summed E-state index contributed by atoms with van der Waals surface area (Å²) in [6, 6.07) is 10.3. The summed E-state index contributed by atoms with van der Waals surface area (Å²) in [5.41, 5.74) is 3.87. The van der Waals surface area contributed by atoms with Crippen LogP contribution in [0.5, 0.6) is 0 Å². The van der Waals surface area contributed by atoms with Gasteiger partial charge in [0, 0.05) is 42.3 Å². The molecule has 7 heteroatoms. The van der Waals surface area contributed by atoms with E-state index in [1.54, 1.807) is 12.9 Å². The first-order valence-corrected chi connectivity index (χ1v) is 9.61. The zero-order valence-corrected chi connectivity index (χ0v) is 15.7. The van der Waals surface area contributed by atoms with Crippen LogP contribution in [-0.4, -0.2) is 35.3 Å². The Bertz CT molecular complexity index is 874. The van der Waals surface area contributed by atoms with Gasteiger partial charge >= 0.3 is 7.95 Å². The van der Waals surface area contributed by atoms with Crippen molar-refractivity contribution in [2.24, 2.45) is 0 Å². The standard InChI is InChI=1S/C16H17BrN4OP/c1-20(2)13-6-4-11(5-7-13)8-15-14-9-12(17)10-18-16(14)21(19-15)23(3)22/h4-7,9-10H,8H2,1-3H3/q+1. The predicted molar refractivity (Wildman–Crippen MR) is 97.7 cm³/mol. The fourth-order valence-corrected chi connectivity index (χ4v) is 3.44. The molecule has 1 atom stereocenters. The van der Waals surface area contributed by atoms with Gasteiger partial charge in [-0.3, -0.25) is 0 Å². The lowest BCUT2D eigenvalue weighted by Gasteiger charge is -2.12. The number of hydrogen-bond donors (Lipinski definition) is 0. The summed E-state index contributed by atoms with van der Waals surface area (Å²) in [5, 5.41) is 5.45. The number of fused-ring (bicyclic) bond motifs is 1. The van der Waals surface area contributed by atoms with Crippen molar-refractivity contribution in [2.75, 3.05) is 25.7 Å². The van der Waals surface area contributed by atoms with Gasteiger partial charge in [0.2, 0.25) is 5.65 Å². The average molecular weight is 392 g/mol. The molecule has 0 aliphatic rings. The molecular formula is C16H17BrN4OP+. The minimum Gasteiger partial charge on any atom is -0.378 e. The largest absolute Gasteiger partial charge is 0.482 e. The van der Waals surface area contributed by atoms with Crippen molar-refractivity contribution in [2.45, 2.75) is 6.42 Å². The van der Waals surface area contributed by atoms with Gasteiger partial charge in [-0.2, -0.15) is 0 Å². The summed E-state index contributed by atoms with van der Waals surface area (Å²) < 4.78 is 14.3. The van der Waals surface area contributed by atoms with Crippen LogP contribution < -0.4 is 4.90 Å². The van der Waals surface area contributed by atoms with Crippen LogP contribution in [0.4, 0.5) is 5.69 Å². The number of anilines is 1. The highest BCUT2D eigenvalue weighted by Gasteiger charge is 2.21. The first-order valence-electron chi connectivity index (χ1n) is 7.16. The molecular weight excluding hydrogens is 375 g/mol. The molecule has 2 heterocycles. The number of hydrogen-bond acceptors (Lipinski definition) is 4. The molecule has 5 nitrogen and oxygen atoms in total. The lowest BCUT2D eigenvalue weighted by atomic mass is 10.1. The predicted octanol–water partition coefficient (Wildman–Crippen LogP) is 4.07. The number of halogens is 1. The Balaban J connectivity index is 2.02. The van der Waals surface area contributed by atoms with Crippen LogP contribution in [0.2, 0.25) is 0 Å². The molecule has 3 rings (SSSR count).